The zero-order valence-electron chi connectivity index (χ0n) is 9.75. The Hall–Kier alpha value is -2.34. The maximum Gasteiger partial charge on any atom is 0.142 e. The van der Waals surface area contributed by atoms with Crippen LogP contribution in [0, 0.1) is 5.82 Å². The standard InChI is InChI=1S/C13H9FN4S/c14-9-4-8(5-16-6-9)11-7-19-13(18-11)10-2-1-3-17-12(10)15/h1-7H,(H2,15,17). The van der Waals surface area contributed by atoms with Crippen molar-refractivity contribution in [1.82, 2.24) is 15.0 Å². The largest absolute Gasteiger partial charge is 0.383 e. The topological polar surface area (TPSA) is 64.7 Å². The third-order valence-electron chi connectivity index (χ3n) is 2.57. The van der Waals surface area contributed by atoms with Crippen LogP contribution in [-0.4, -0.2) is 15.0 Å². The average molecular weight is 272 g/mol. The highest BCUT2D eigenvalue weighted by atomic mass is 32.1. The normalized spacial score (nSPS) is 10.6. The summed E-state index contributed by atoms with van der Waals surface area (Å²) in [6, 6.07) is 5.06. The lowest BCUT2D eigenvalue weighted by molar-refractivity contribution is 0.622. The second-order valence-corrected chi connectivity index (χ2v) is 4.72. The molecule has 0 unspecified atom stereocenters. The molecule has 0 amide bonds. The molecule has 0 saturated carbocycles. The molecule has 0 atom stereocenters. The molecule has 19 heavy (non-hydrogen) atoms. The van der Waals surface area contributed by atoms with Gasteiger partial charge in [-0.2, -0.15) is 0 Å². The van der Waals surface area contributed by atoms with Gasteiger partial charge >= 0.3 is 0 Å². The molecule has 0 bridgehead atoms. The van der Waals surface area contributed by atoms with Crippen LogP contribution in [0.15, 0.2) is 42.2 Å². The van der Waals surface area contributed by atoms with Crippen molar-refractivity contribution in [2.45, 2.75) is 0 Å². The first kappa shape index (κ1) is 11.7. The molecular formula is C13H9FN4S. The summed E-state index contributed by atoms with van der Waals surface area (Å²) in [6.07, 6.45) is 4.37. The molecule has 0 aliphatic rings. The molecule has 94 valence electrons. The molecule has 4 nitrogen and oxygen atoms in total. The third-order valence-corrected chi connectivity index (χ3v) is 3.45. The SMILES string of the molecule is Nc1ncccc1-c1nc(-c2cncc(F)c2)cs1. The summed E-state index contributed by atoms with van der Waals surface area (Å²) in [5.74, 6) is 0.0497. The van der Waals surface area contributed by atoms with Crippen molar-refractivity contribution >= 4 is 17.2 Å². The quantitative estimate of drug-likeness (QED) is 0.779. The van der Waals surface area contributed by atoms with Crippen LogP contribution in [0.3, 0.4) is 0 Å². The van der Waals surface area contributed by atoms with Gasteiger partial charge in [0.15, 0.2) is 0 Å². The minimum absolute atomic E-state index is 0.382. The van der Waals surface area contributed by atoms with Crippen molar-refractivity contribution in [3.63, 3.8) is 0 Å². The van der Waals surface area contributed by atoms with E-state index < -0.39 is 0 Å². The van der Waals surface area contributed by atoms with Crippen molar-refractivity contribution in [3.05, 3.63) is 48.0 Å². The number of pyridine rings is 2. The number of thiazole rings is 1. The van der Waals surface area contributed by atoms with Gasteiger partial charge in [0.2, 0.25) is 0 Å². The number of halogens is 1. The zero-order valence-corrected chi connectivity index (χ0v) is 10.6. The number of hydrogen-bond donors (Lipinski definition) is 1. The summed E-state index contributed by atoms with van der Waals surface area (Å²) in [5.41, 5.74) is 7.91. The Morgan fingerprint density at radius 1 is 1.26 bits per heavy atom. The molecular weight excluding hydrogens is 263 g/mol. The van der Waals surface area contributed by atoms with E-state index >= 15 is 0 Å². The first-order chi connectivity index (χ1) is 9.24. The molecule has 3 aromatic rings. The van der Waals surface area contributed by atoms with Gasteiger partial charge in [0, 0.05) is 23.3 Å². The smallest absolute Gasteiger partial charge is 0.142 e. The van der Waals surface area contributed by atoms with Gasteiger partial charge in [-0.15, -0.1) is 11.3 Å². The summed E-state index contributed by atoms with van der Waals surface area (Å²) >= 11 is 1.44. The number of anilines is 1. The molecule has 0 radical (unpaired) electrons. The molecule has 2 N–H and O–H groups in total. The summed E-state index contributed by atoms with van der Waals surface area (Å²) < 4.78 is 13.1. The fraction of sp³-hybridized carbons (Fsp3) is 0. The van der Waals surface area contributed by atoms with Crippen molar-refractivity contribution < 1.29 is 4.39 Å². The molecule has 0 aliphatic carbocycles. The summed E-state index contributed by atoms with van der Waals surface area (Å²) in [5, 5.41) is 2.60. The molecule has 0 spiro atoms. The molecule has 3 rings (SSSR count). The van der Waals surface area contributed by atoms with Gasteiger partial charge in [-0.1, -0.05) is 0 Å². The van der Waals surface area contributed by atoms with Gasteiger partial charge in [0.25, 0.3) is 0 Å². The molecule has 0 aliphatic heterocycles. The Bertz CT molecular complexity index is 726. The fourth-order valence-electron chi connectivity index (χ4n) is 1.68. The van der Waals surface area contributed by atoms with E-state index in [1.165, 1.54) is 17.4 Å². The molecule has 3 aromatic heterocycles. The zero-order chi connectivity index (χ0) is 13.2. The van der Waals surface area contributed by atoms with Crippen LogP contribution in [-0.2, 0) is 0 Å². The fourth-order valence-corrected chi connectivity index (χ4v) is 2.54. The van der Waals surface area contributed by atoms with Gasteiger partial charge in [0.1, 0.15) is 16.6 Å². The summed E-state index contributed by atoms with van der Waals surface area (Å²) in [4.78, 5) is 12.3. The number of aromatic nitrogens is 3. The van der Waals surface area contributed by atoms with Gasteiger partial charge < -0.3 is 5.73 Å². The predicted molar refractivity (Wildman–Crippen MR) is 72.9 cm³/mol. The van der Waals surface area contributed by atoms with Crippen molar-refractivity contribution in [1.29, 1.82) is 0 Å². The first-order valence-electron chi connectivity index (χ1n) is 5.51. The van der Waals surface area contributed by atoms with Crippen LogP contribution >= 0.6 is 11.3 Å². The van der Waals surface area contributed by atoms with Gasteiger partial charge in [0.05, 0.1) is 17.5 Å². The van der Waals surface area contributed by atoms with E-state index in [4.69, 9.17) is 5.73 Å². The highest BCUT2D eigenvalue weighted by Gasteiger charge is 2.10. The molecule has 0 fully saturated rings. The number of nitrogens with zero attached hydrogens (tertiary/aromatic N) is 3. The lowest BCUT2D eigenvalue weighted by Gasteiger charge is -1.99. The Kier molecular flexibility index (Phi) is 2.92. The number of nitrogens with two attached hydrogens (primary N) is 1. The van der Waals surface area contributed by atoms with Gasteiger partial charge in [-0.25, -0.2) is 14.4 Å². The Labute approximate surface area is 112 Å². The summed E-state index contributed by atoms with van der Waals surface area (Å²) in [6.45, 7) is 0. The van der Waals surface area contributed by atoms with E-state index in [9.17, 15) is 4.39 Å². The first-order valence-corrected chi connectivity index (χ1v) is 6.39. The van der Waals surface area contributed by atoms with E-state index in [1.807, 2.05) is 11.4 Å². The van der Waals surface area contributed by atoms with E-state index in [0.29, 0.717) is 17.1 Å². The highest BCUT2D eigenvalue weighted by molar-refractivity contribution is 7.13. The lowest BCUT2D eigenvalue weighted by Crippen LogP contribution is -1.92. The van der Waals surface area contributed by atoms with Crippen LogP contribution in [0.25, 0.3) is 21.8 Å². The average Bonchev–Trinajstić information content (AvgIpc) is 2.89. The van der Waals surface area contributed by atoms with Crippen LogP contribution in [0.4, 0.5) is 10.2 Å². The maximum absolute atomic E-state index is 13.1. The van der Waals surface area contributed by atoms with E-state index in [0.717, 1.165) is 16.8 Å². The maximum atomic E-state index is 13.1. The minimum Gasteiger partial charge on any atom is -0.383 e. The second kappa shape index (κ2) is 4.74. The molecule has 6 heteroatoms. The van der Waals surface area contributed by atoms with E-state index in [2.05, 4.69) is 15.0 Å². The monoisotopic (exact) mass is 272 g/mol. The van der Waals surface area contributed by atoms with Crippen LogP contribution in [0.5, 0.6) is 0 Å². The van der Waals surface area contributed by atoms with Crippen molar-refractivity contribution in [2.24, 2.45) is 0 Å². The van der Waals surface area contributed by atoms with Crippen molar-refractivity contribution in [3.8, 4) is 21.8 Å². The Balaban J connectivity index is 2.03. The Morgan fingerprint density at radius 2 is 2.16 bits per heavy atom. The minimum atomic E-state index is -0.382. The number of nitrogen functional groups attached to an aromatic ring is 1. The predicted octanol–water partition coefficient (Wildman–Crippen LogP) is 2.99. The Morgan fingerprint density at radius 3 is 2.95 bits per heavy atom. The van der Waals surface area contributed by atoms with Gasteiger partial charge in [-0.05, 0) is 18.2 Å². The van der Waals surface area contributed by atoms with Gasteiger partial charge in [-0.3, -0.25) is 4.98 Å². The molecule has 0 saturated heterocycles. The number of hydrogen-bond acceptors (Lipinski definition) is 5. The summed E-state index contributed by atoms with van der Waals surface area (Å²) in [7, 11) is 0. The van der Waals surface area contributed by atoms with E-state index in [1.54, 1.807) is 18.5 Å². The lowest BCUT2D eigenvalue weighted by atomic mass is 10.2. The van der Waals surface area contributed by atoms with Crippen LogP contribution in [0.2, 0.25) is 0 Å². The molecule has 3 heterocycles. The van der Waals surface area contributed by atoms with E-state index in [-0.39, 0.29) is 5.82 Å². The van der Waals surface area contributed by atoms with Crippen LogP contribution in [0.1, 0.15) is 0 Å². The van der Waals surface area contributed by atoms with Crippen molar-refractivity contribution in [2.75, 3.05) is 5.73 Å². The third kappa shape index (κ3) is 2.30. The highest BCUT2D eigenvalue weighted by Crippen LogP contribution is 2.30. The number of rotatable bonds is 2. The van der Waals surface area contributed by atoms with Crippen LogP contribution < -0.4 is 5.73 Å². The molecule has 0 aromatic carbocycles. The second-order valence-electron chi connectivity index (χ2n) is 3.87.